The lowest BCUT2D eigenvalue weighted by molar-refractivity contribution is -0.162. The summed E-state index contributed by atoms with van der Waals surface area (Å²) in [5, 5.41) is 0. The molecule has 0 aromatic heterocycles. The number of carbonyl (C=O) groups excluding carboxylic acids is 1. The number of ether oxygens (including phenoxy) is 9. The lowest BCUT2D eigenvalue weighted by Crippen LogP contribution is -2.47. The molecule has 3 rings (SSSR count). The maximum atomic E-state index is 11.3. The van der Waals surface area contributed by atoms with E-state index in [0.29, 0.717) is 59.3 Å². The molecule has 0 aliphatic heterocycles. The van der Waals surface area contributed by atoms with Gasteiger partial charge in [0.2, 0.25) is 0 Å². The van der Waals surface area contributed by atoms with Crippen molar-refractivity contribution in [3.63, 3.8) is 0 Å². The van der Waals surface area contributed by atoms with Crippen LogP contribution >= 0.6 is 0 Å². The summed E-state index contributed by atoms with van der Waals surface area (Å²) in [4.78, 5) is 11.3. The molecule has 1 unspecified atom stereocenters. The molecular weight excluding hydrogens is 857 g/mol. The average molecular weight is 949 g/mol. The van der Waals surface area contributed by atoms with Crippen LogP contribution in [0.25, 0.3) is 0 Å². The van der Waals surface area contributed by atoms with Gasteiger partial charge in [0.1, 0.15) is 28.6 Å². The second kappa shape index (κ2) is 27.5. The molecule has 0 N–H and O–H groups in total. The summed E-state index contributed by atoms with van der Waals surface area (Å²) < 4.78 is 55.4. The summed E-state index contributed by atoms with van der Waals surface area (Å²) in [6.07, 6.45) is 8.43. The molecule has 0 heterocycles. The zero-order chi connectivity index (χ0) is 50.4. The van der Waals surface area contributed by atoms with Gasteiger partial charge in [-0.05, 0) is 142 Å². The Morgan fingerprint density at radius 3 is 1.32 bits per heavy atom. The van der Waals surface area contributed by atoms with Crippen molar-refractivity contribution < 1.29 is 47.4 Å². The van der Waals surface area contributed by atoms with Crippen molar-refractivity contribution in [2.45, 2.75) is 183 Å². The summed E-state index contributed by atoms with van der Waals surface area (Å²) in [6.45, 7) is 35.2. The zero-order valence-electron chi connectivity index (χ0n) is 44.8. The maximum Gasteiger partial charge on any atom is 0.293 e. The van der Waals surface area contributed by atoms with Crippen molar-refractivity contribution in [1.29, 1.82) is 0 Å². The molecule has 0 aliphatic carbocycles. The van der Waals surface area contributed by atoms with E-state index in [1.165, 1.54) is 0 Å². The van der Waals surface area contributed by atoms with Gasteiger partial charge >= 0.3 is 0 Å². The van der Waals surface area contributed by atoms with Crippen LogP contribution in [-0.4, -0.2) is 87.3 Å². The summed E-state index contributed by atoms with van der Waals surface area (Å²) in [5.74, 6) is 3.07. The van der Waals surface area contributed by atoms with Crippen LogP contribution in [0.2, 0.25) is 0 Å². The molecule has 0 bridgehead atoms. The van der Waals surface area contributed by atoms with E-state index in [1.54, 1.807) is 0 Å². The smallest absolute Gasteiger partial charge is 0.293 e. The van der Waals surface area contributed by atoms with Crippen LogP contribution in [0.1, 0.15) is 155 Å². The van der Waals surface area contributed by atoms with E-state index >= 15 is 0 Å². The highest BCUT2D eigenvalue weighted by Gasteiger charge is 2.41. The largest absolute Gasteiger partial charge is 0.494 e. The van der Waals surface area contributed by atoms with Crippen molar-refractivity contribution in [1.82, 2.24) is 0 Å². The van der Waals surface area contributed by atoms with E-state index in [-0.39, 0.29) is 33.6 Å². The van der Waals surface area contributed by atoms with Crippen LogP contribution in [0, 0.1) is 16.7 Å². The van der Waals surface area contributed by atoms with Crippen LogP contribution in [0.4, 0.5) is 0 Å². The fourth-order valence-corrected chi connectivity index (χ4v) is 7.44. The monoisotopic (exact) mass is 949 g/mol. The normalized spacial score (nSPS) is 13.5. The Morgan fingerprint density at radius 2 is 0.838 bits per heavy atom. The Hall–Kier alpha value is -3.83. The molecule has 0 amide bonds. The molecule has 0 radical (unpaired) electrons. The summed E-state index contributed by atoms with van der Waals surface area (Å²) in [6, 6.07) is 27.5. The molecule has 10 heteroatoms. The third-order valence-corrected chi connectivity index (χ3v) is 14.3. The van der Waals surface area contributed by atoms with Crippen molar-refractivity contribution in [3.05, 3.63) is 84.9 Å². The third-order valence-electron chi connectivity index (χ3n) is 14.3. The van der Waals surface area contributed by atoms with Gasteiger partial charge in [0.05, 0.1) is 68.0 Å². The maximum absolute atomic E-state index is 11.3. The molecule has 0 saturated heterocycles. The Kier molecular flexibility index (Phi) is 23.7. The van der Waals surface area contributed by atoms with Gasteiger partial charge in [0.15, 0.2) is 0 Å². The molecule has 0 fully saturated rings. The molecule has 10 nitrogen and oxygen atoms in total. The Bertz CT molecular complexity index is 1820. The first-order valence-electron chi connectivity index (χ1n) is 25.3. The minimum absolute atomic E-state index is 0.0226. The number of hydrogen-bond acceptors (Lipinski definition) is 10. The van der Waals surface area contributed by atoms with E-state index in [9.17, 15) is 4.79 Å². The second-order valence-electron chi connectivity index (χ2n) is 22.4. The molecule has 0 spiro atoms. The van der Waals surface area contributed by atoms with Crippen LogP contribution in [0.3, 0.4) is 0 Å². The van der Waals surface area contributed by atoms with Gasteiger partial charge in [0, 0.05) is 38.5 Å². The van der Waals surface area contributed by atoms with Crippen molar-refractivity contribution in [2.24, 2.45) is 16.7 Å². The second-order valence-corrected chi connectivity index (χ2v) is 22.4. The number of unbranched alkanes of at least 4 members (excludes halogenated alkanes) is 2. The highest BCUT2D eigenvalue weighted by molar-refractivity contribution is 5.38. The predicted octanol–water partition coefficient (Wildman–Crippen LogP) is 13.9. The molecule has 0 saturated carbocycles. The molecular formula is C58H92O10. The van der Waals surface area contributed by atoms with E-state index in [0.717, 1.165) is 80.8 Å². The molecule has 1 atom stereocenters. The third kappa shape index (κ3) is 21.4. The van der Waals surface area contributed by atoms with Crippen molar-refractivity contribution in [2.75, 3.05) is 52.9 Å². The summed E-state index contributed by atoms with van der Waals surface area (Å²) in [5.41, 5.74) is -2.16. The van der Waals surface area contributed by atoms with E-state index in [4.69, 9.17) is 42.6 Å². The average Bonchev–Trinajstić information content (AvgIpc) is 3.26. The Morgan fingerprint density at radius 1 is 0.412 bits per heavy atom. The van der Waals surface area contributed by atoms with Gasteiger partial charge < -0.3 is 42.6 Å². The number of carbonyl (C=O) groups is 1. The highest BCUT2D eigenvalue weighted by atomic mass is 16.6. The first-order chi connectivity index (χ1) is 31.9. The molecule has 384 valence electrons. The minimum atomic E-state index is -0.756. The molecule has 3 aromatic rings. The Balaban J connectivity index is 1.29. The van der Waals surface area contributed by atoms with Crippen LogP contribution < -0.4 is 18.9 Å². The molecule has 3 aromatic carbocycles. The first-order valence-corrected chi connectivity index (χ1v) is 25.3. The standard InChI is InChI=1S/C58H92O10/c1-52(2,57(11,12)66-40-26-37-60-48-27-17-15-18-28-48)33-21-23-38-64-54(5,6)35-41-61-50-31-25-32-51(43-50)62-42-36-55(7,8)65-39-24-22-34-53(3,4)58(13,14)67-45-47(56(9,10)68-46-59)44-63-49-29-19-16-20-30-49/h15-20,25,27-32,43,46-47H,21-24,26,33-42,44-45H2,1-14H3. The van der Waals surface area contributed by atoms with Crippen molar-refractivity contribution in [3.8, 4) is 23.0 Å². The van der Waals surface area contributed by atoms with E-state index < -0.39 is 11.2 Å². The lowest BCUT2D eigenvalue weighted by atomic mass is 9.73. The predicted molar refractivity (Wildman–Crippen MR) is 275 cm³/mol. The number of para-hydroxylation sites is 2. The van der Waals surface area contributed by atoms with E-state index in [2.05, 4.69) is 83.1 Å². The van der Waals surface area contributed by atoms with Crippen LogP contribution in [0.5, 0.6) is 23.0 Å². The quantitative estimate of drug-likeness (QED) is 0.0410. The summed E-state index contributed by atoms with van der Waals surface area (Å²) >= 11 is 0. The highest BCUT2D eigenvalue weighted by Crippen LogP contribution is 2.40. The van der Waals surface area contributed by atoms with Gasteiger partial charge in [-0.15, -0.1) is 0 Å². The molecule has 0 aliphatic rings. The van der Waals surface area contributed by atoms with Gasteiger partial charge in [-0.2, -0.15) is 0 Å². The van der Waals surface area contributed by atoms with E-state index in [1.807, 2.05) is 98.8 Å². The minimum Gasteiger partial charge on any atom is -0.494 e. The summed E-state index contributed by atoms with van der Waals surface area (Å²) in [7, 11) is 0. The number of hydrogen-bond donors (Lipinski definition) is 0. The zero-order valence-corrected chi connectivity index (χ0v) is 44.8. The fraction of sp³-hybridized carbons (Fsp3) is 0.672. The SMILES string of the molecule is CC(C)(CCOc1cccc(OCCC(C)(C)OCCCCC(C)(C)C(C)(C)OCC(COc2ccccc2)C(C)(C)OC=O)c1)OCCCCC(C)(C)C(C)(C)OCCCOc1ccccc1. The lowest BCUT2D eigenvalue weighted by Gasteiger charge is -2.43. The van der Waals surface area contributed by atoms with Crippen LogP contribution in [0.15, 0.2) is 84.9 Å². The van der Waals surface area contributed by atoms with Gasteiger partial charge in [-0.25, -0.2) is 0 Å². The number of benzene rings is 3. The van der Waals surface area contributed by atoms with Gasteiger partial charge in [-0.3, -0.25) is 4.79 Å². The van der Waals surface area contributed by atoms with Crippen molar-refractivity contribution >= 4 is 6.47 Å². The number of rotatable bonds is 37. The Labute approximate surface area is 412 Å². The van der Waals surface area contributed by atoms with Gasteiger partial charge in [0.25, 0.3) is 6.47 Å². The van der Waals surface area contributed by atoms with Gasteiger partial charge in [-0.1, -0.05) is 83.0 Å². The molecule has 68 heavy (non-hydrogen) atoms. The first kappa shape index (κ1) is 58.5. The topological polar surface area (TPSA) is 100 Å². The van der Waals surface area contributed by atoms with Crippen LogP contribution in [-0.2, 0) is 28.5 Å². The fourth-order valence-electron chi connectivity index (χ4n) is 7.44.